The Balaban J connectivity index is 1.58. The Hall–Kier alpha value is -2.06. The maximum Gasteiger partial charge on any atom is 0.134 e. The monoisotopic (exact) mass is 291 g/mol. The minimum atomic E-state index is 0.207. The highest BCUT2D eigenvalue weighted by atomic mass is 16.3. The zero-order valence-corrected chi connectivity index (χ0v) is 12.8. The number of para-hydroxylation sites is 1. The van der Waals surface area contributed by atoms with Gasteiger partial charge in [0.05, 0.1) is 6.04 Å². The molecule has 2 atom stereocenters. The Morgan fingerprint density at radius 3 is 2.45 bits per heavy atom. The fraction of sp³-hybridized carbons (Fsp3) is 0.300. The Morgan fingerprint density at radius 2 is 1.73 bits per heavy atom. The van der Waals surface area contributed by atoms with E-state index in [1.165, 1.54) is 23.8 Å². The summed E-state index contributed by atoms with van der Waals surface area (Å²) in [6.07, 6.45) is 2.64. The van der Waals surface area contributed by atoms with Crippen LogP contribution in [0.2, 0.25) is 0 Å². The number of benzene rings is 2. The molecule has 3 aromatic rings. The highest BCUT2D eigenvalue weighted by molar-refractivity contribution is 5.77. The summed E-state index contributed by atoms with van der Waals surface area (Å²) in [5.41, 5.74) is 2.35. The van der Waals surface area contributed by atoms with Gasteiger partial charge in [-0.05, 0) is 43.4 Å². The van der Waals surface area contributed by atoms with E-state index in [0.717, 1.165) is 17.3 Å². The minimum Gasteiger partial charge on any atom is -0.459 e. The van der Waals surface area contributed by atoms with Crippen molar-refractivity contribution in [2.45, 2.75) is 31.8 Å². The lowest BCUT2D eigenvalue weighted by Crippen LogP contribution is -2.26. The van der Waals surface area contributed by atoms with Crippen LogP contribution < -0.4 is 5.32 Å². The molecule has 2 heteroatoms. The Morgan fingerprint density at radius 1 is 1.00 bits per heavy atom. The minimum absolute atomic E-state index is 0.207. The first-order valence-electron chi connectivity index (χ1n) is 8.11. The molecule has 1 aromatic heterocycles. The van der Waals surface area contributed by atoms with Gasteiger partial charge < -0.3 is 9.73 Å². The molecule has 0 spiro atoms. The van der Waals surface area contributed by atoms with E-state index in [1.807, 2.05) is 12.1 Å². The van der Waals surface area contributed by atoms with Gasteiger partial charge in [-0.1, -0.05) is 48.5 Å². The van der Waals surface area contributed by atoms with Crippen molar-refractivity contribution in [1.82, 2.24) is 5.32 Å². The number of hydrogen-bond donors (Lipinski definition) is 1. The zero-order valence-electron chi connectivity index (χ0n) is 12.8. The fourth-order valence-corrected chi connectivity index (χ4v) is 3.16. The second-order valence-corrected chi connectivity index (χ2v) is 6.30. The summed E-state index contributed by atoms with van der Waals surface area (Å²) < 4.78 is 6.00. The summed E-state index contributed by atoms with van der Waals surface area (Å²) in [5.74, 6) is 1.78. The van der Waals surface area contributed by atoms with Crippen molar-refractivity contribution in [3.63, 3.8) is 0 Å². The van der Waals surface area contributed by atoms with Crippen molar-refractivity contribution in [2.75, 3.05) is 0 Å². The van der Waals surface area contributed by atoms with Crippen molar-refractivity contribution in [3.8, 4) is 0 Å². The van der Waals surface area contributed by atoms with E-state index in [-0.39, 0.29) is 6.04 Å². The average molecular weight is 291 g/mol. The molecule has 0 bridgehead atoms. The molecule has 4 rings (SSSR count). The van der Waals surface area contributed by atoms with Crippen LogP contribution in [0.5, 0.6) is 0 Å². The van der Waals surface area contributed by atoms with Crippen molar-refractivity contribution in [3.05, 3.63) is 72.0 Å². The van der Waals surface area contributed by atoms with Crippen molar-refractivity contribution in [1.29, 1.82) is 0 Å². The Labute approximate surface area is 131 Å². The third kappa shape index (κ3) is 2.67. The van der Waals surface area contributed by atoms with Crippen LogP contribution in [-0.2, 0) is 0 Å². The molecule has 2 nitrogen and oxygen atoms in total. The molecule has 0 amide bonds. The van der Waals surface area contributed by atoms with Gasteiger partial charge in [0.2, 0.25) is 0 Å². The van der Waals surface area contributed by atoms with Crippen LogP contribution in [0.1, 0.15) is 43.2 Å². The van der Waals surface area contributed by atoms with Gasteiger partial charge in [0.15, 0.2) is 0 Å². The van der Waals surface area contributed by atoms with E-state index in [0.29, 0.717) is 6.04 Å². The van der Waals surface area contributed by atoms with Gasteiger partial charge in [0.1, 0.15) is 11.3 Å². The first kappa shape index (κ1) is 13.6. The van der Waals surface area contributed by atoms with Crippen molar-refractivity contribution >= 4 is 11.0 Å². The van der Waals surface area contributed by atoms with Crippen LogP contribution in [0.3, 0.4) is 0 Å². The lowest BCUT2D eigenvalue weighted by atomic mass is 10.0. The summed E-state index contributed by atoms with van der Waals surface area (Å²) in [6, 6.07) is 21.8. The second-order valence-electron chi connectivity index (χ2n) is 6.30. The number of rotatable bonds is 5. The second kappa shape index (κ2) is 5.62. The average Bonchev–Trinajstić information content (AvgIpc) is 3.30. The lowest BCUT2D eigenvalue weighted by molar-refractivity contribution is 0.381. The molecular formula is C20H21NO. The summed E-state index contributed by atoms with van der Waals surface area (Å²) in [7, 11) is 0. The third-order valence-corrected chi connectivity index (χ3v) is 4.55. The summed E-state index contributed by atoms with van der Waals surface area (Å²) >= 11 is 0. The largest absolute Gasteiger partial charge is 0.459 e. The Bertz CT molecular complexity index is 724. The molecule has 1 aliphatic carbocycles. The molecular weight excluding hydrogens is 270 g/mol. The quantitative estimate of drug-likeness (QED) is 0.696. The van der Waals surface area contributed by atoms with Gasteiger partial charge in [0, 0.05) is 11.4 Å². The first-order chi connectivity index (χ1) is 10.8. The number of furan rings is 1. The van der Waals surface area contributed by atoms with Crippen molar-refractivity contribution in [2.24, 2.45) is 5.92 Å². The van der Waals surface area contributed by atoms with Crippen LogP contribution in [0, 0.1) is 5.92 Å². The van der Waals surface area contributed by atoms with Crippen LogP contribution in [0.4, 0.5) is 0 Å². The first-order valence-corrected chi connectivity index (χ1v) is 8.11. The predicted molar refractivity (Wildman–Crippen MR) is 89.7 cm³/mol. The summed E-state index contributed by atoms with van der Waals surface area (Å²) in [5, 5.41) is 4.95. The van der Waals surface area contributed by atoms with Gasteiger partial charge in [-0.2, -0.15) is 0 Å². The molecule has 22 heavy (non-hydrogen) atoms. The molecule has 1 N–H and O–H groups in total. The third-order valence-electron chi connectivity index (χ3n) is 4.55. The summed E-state index contributed by atoms with van der Waals surface area (Å²) in [4.78, 5) is 0. The Kier molecular flexibility index (Phi) is 3.47. The van der Waals surface area contributed by atoms with E-state index in [1.54, 1.807) is 0 Å². The van der Waals surface area contributed by atoms with Crippen LogP contribution in [0.25, 0.3) is 11.0 Å². The molecule has 112 valence electrons. The molecule has 0 saturated heterocycles. The predicted octanol–water partition coefficient (Wildman–Crippen LogP) is 5.23. The molecule has 2 unspecified atom stereocenters. The van der Waals surface area contributed by atoms with Crippen molar-refractivity contribution < 1.29 is 4.42 Å². The van der Waals surface area contributed by atoms with Crippen LogP contribution in [-0.4, -0.2) is 0 Å². The molecule has 1 fully saturated rings. The maximum atomic E-state index is 6.00. The van der Waals surface area contributed by atoms with Crippen LogP contribution >= 0.6 is 0 Å². The molecule has 0 aliphatic heterocycles. The standard InChI is InChI=1S/C20H21NO/c1-14(19-13-17-9-5-6-10-18(17)22-19)21-20(16-11-12-16)15-7-3-2-4-8-15/h2-10,13-14,16,20-21H,11-12H2,1H3. The van der Waals surface area contributed by atoms with Crippen LogP contribution in [0.15, 0.2) is 65.1 Å². The highest BCUT2D eigenvalue weighted by Gasteiger charge is 2.33. The van der Waals surface area contributed by atoms with Gasteiger partial charge in [0.25, 0.3) is 0 Å². The van der Waals surface area contributed by atoms with Gasteiger partial charge in [-0.25, -0.2) is 0 Å². The van der Waals surface area contributed by atoms with Gasteiger partial charge in [-0.15, -0.1) is 0 Å². The highest BCUT2D eigenvalue weighted by Crippen LogP contribution is 2.42. The molecule has 0 radical (unpaired) electrons. The zero-order chi connectivity index (χ0) is 14.9. The molecule has 2 aromatic carbocycles. The molecule has 1 heterocycles. The molecule has 1 aliphatic rings. The number of fused-ring (bicyclic) bond motifs is 1. The van der Waals surface area contributed by atoms with E-state index < -0.39 is 0 Å². The summed E-state index contributed by atoms with van der Waals surface area (Å²) in [6.45, 7) is 2.19. The van der Waals surface area contributed by atoms with Gasteiger partial charge >= 0.3 is 0 Å². The number of nitrogens with one attached hydrogen (secondary N) is 1. The topological polar surface area (TPSA) is 25.2 Å². The fourth-order valence-electron chi connectivity index (χ4n) is 3.16. The SMILES string of the molecule is CC(NC(c1ccccc1)C1CC1)c1cc2ccccc2o1. The van der Waals surface area contributed by atoms with Gasteiger partial charge in [-0.3, -0.25) is 0 Å². The van der Waals surface area contributed by atoms with E-state index in [2.05, 4.69) is 60.8 Å². The maximum absolute atomic E-state index is 6.00. The van der Waals surface area contributed by atoms with E-state index in [4.69, 9.17) is 4.42 Å². The van der Waals surface area contributed by atoms with E-state index >= 15 is 0 Å². The lowest BCUT2D eigenvalue weighted by Gasteiger charge is -2.22. The smallest absolute Gasteiger partial charge is 0.134 e. The molecule has 1 saturated carbocycles. The normalized spacial score (nSPS) is 17.5. The number of hydrogen-bond acceptors (Lipinski definition) is 2. The van der Waals surface area contributed by atoms with E-state index in [9.17, 15) is 0 Å².